The molecule has 0 saturated heterocycles. The van der Waals surface area contributed by atoms with Crippen molar-refractivity contribution in [1.82, 2.24) is 5.32 Å². The van der Waals surface area contributed by atoms with Gasteiger partial charge in [-0.25, -0.2) is 0 Å². The Labute approximate surface area is 95.0 Å². The van der Waals surface area contributed by atoms with Crippen molar-refractivity contribution in [2.45, 2.75) is 33.6 Å². The highest BCUT2D eigenvalue weighted by atomic mass is 79.9. The SMILES string of the molecule is CC(C(=O)NCC(C)(C)CBr)C1CC1. The fraction of sp³-hybridized carbons (Fsp3) is 0.909. The molecule has 0 heterocycles. The van der Waals surface area contributed by atoms with E-state index in [2.05, 4.69) is 35.1 Å². The Kier molecular flexibility index (Phi) is 3.99. The maximum atomic E-state index is 11.7. The number of nitrogens with one attached hydrogen (secondary N) is 1. The van der Waals surface area contributed by atoms with Gasteiger partial charge < -0.3 is 5.32 Å². The Morgan fingerprint density at radius 2 is 2.14 bits per heavy atom. The minimum atomic E-state index is 0.152. The van der Waals surface area contributed by atoms with Gasteiger partial charge in [0.2, 0.25) is 5.91 Å². The highest BCUT2D eigenvalue weighted by Crippen LogP contribution is 2.36. The van der Waals surface area contributed by atoms with Gasteiger partial charge in [-0.15, -0.1) is 0 Å². The second-order valence-electron chi connectivity index (χ2n) is 5.14. The molecule has 1 fully saturated rings. The van der Waals surface area contributed by atoms with Gasteiger partial charge >= 0.3 is 0 Å². The van der Waals surface area contributed by atoms with Gasteiger partial charge in [0.25, 0.3) is 0 Å². The van der Waals surface area contributed by atoms with Gasteiger partial charge in [0.05, 0.1) is 0 Å². The highest BCUT2D eigenvalue weighted by Gasteiger charge is 2.32. The topological polar surface area (TPSA) is 29.1 Å². The van der Waals surface area contributed by atoms with Crippen LogP contribution in [0.4, 0.5) is 0 Å². The first-order valence-corrected chi connectivity index (χ1v) is 6.42. The van der Waals surface area contributed by atoms with Crippen molar-refractivity contribution in [3.63, 3.8) is 0 Å². The van der Waals surface area contributed by atoms with E-state index in [1.165, 1.54) is 12.8 Å². The van der Waals surface area contributed by atoms with E-state index in [1.807, 2.05) is 6.92 Å². The summed E-state index contributed by atoms with van der Waals surface area (Å²) in [5.74, 6) is 1.09. The van der Waals surface area contributed by atoms with Gasteiger partial charge in [0, 0.05) is 17.8 Å². The Balaban J connectivity index is 2.26. The van der Waals surface area contributed by atoms with Crippen LogP contribution in [0.15, 0.2) is 0 Å². The zero-order valence-electron chi connectivity index (χ0n) is 9.27. The molecule has 0 aliphatic heterocycles. The molecule has 14 heavy (non-hydrogen) atoms. The molecule has 1 aliphatic carbocycles. The lowest BCUT2D eigenvalue weighted by Gasteiger charge is -2.23. The molecule has 0 aromatic rings. The summed E-state index contributed by atoms with van der Waals surface area (Å²) in [6, 6.07) is 0. The number of carbonyl (C=O) groups excluding carboxylic acids is 1. The lowest BCUT2D eigenvalue weighted by Crippen LogP contribution is -2.38. The first-order valence-electron chi connectivity index (χ1n) is 5.30. The van der Waals surface area contributed by atoms with E-state index in [0.29, 0.717) is 5.92 Å². The van der Waals surface area contributed by atoms with Crippen molar-refractivity contribution in [2.24, 2.45) is 17.3 Å². The van der Waals surface area contributed by atoms with Gasteiger partial charge in [-0.05, 0) is 24.2 Å². The van der Waals surface area contributed by atoms with E-state index >= 15 is 0 Å². The van der Waals surface area contributed by atoms with Crippen LogP contribution in [0.2, 0.25) is 0 Å². The Bertz CT molecular complexity index is 211. The van der Waals surface area contributed by atoms with Crippen molar-refractivity contribution in [3.8, 4) is 0 Å². The van der Waals surface area contributed by atoms with Crippen molar-refractivity contribution in [1.29, 1.82) is 0 Å². The van der Waals surface area contributed by atoms with E-state index in [4.69, 9.17) is 0 Å². The van der Waals surface area contributed by atoms with Crippen LogP contribution in [0.3, 0.4) is 0 Å². The summed E-state index contributed by atoms with van der Waals surface area (Å²) in [6.45, 7) is 7.08. The fourth-order valence-electron chi connectivity index (χ4n) is 1.34. The molecule has 0 spiro atoms. The summed E-state index contributed by atoms with van der Waals surface area (Å²) < 4.78 is 0. The maximum absolute atomic E-state index is 11.7. The van der Waals surface area contributed by atoms with Crippen LogP contribution >= 0.6 is 15.9 Å². The standard InChI is InChI=1S/C11H20BrNO/c1-8(9-4-5-9)10(14)13-7-11(2,3)6-12/h8-9H,4-7H2,1-3H3,(H,13,14). The average molecular weight is 262 g/mol. The van der Waals surface area contributed by atoms with Crippen LogP contribution in [-0.4, -0.2) is 17.8 Å². The number of halogens is 1. The van der Waals surface area contributed by atoms with Crippen molar-refractivity contribution in [3.05, 3.63) is 0 Å². The number of alkyl halides is 1. The zero-order valence-corrected chi connectivity index (χ0v) is 10.9. The second-order valence-corrected chi connectivity index (χ2v) is 5.70. The zero-order chi connectivity index (χ0) is 10.8. The third-order valence-electron chi connectivity index (χ3n) is 2.85. The largest absolute Gasteiger partial charge is 0.355 e. The smallest absolute Gasteiger partial charge is 0.223 e. The van der Waals surface area contributed by atoms with Gasteiger partial charge in [0.1, 0.15) is 0 Å². The molecule has 0 bridgehead atoms. The molecule has 1 saturated carbocycles. The molecule has 1 atom stereocenters. The lowest BCUT2D eigenvalue weighted by atomic mass is 9.96. The normalized spacial score (nSPS) is 19.1. The third kappa shape index (κ3) is 3.60. The Hall–Kier alpha value is -0.0500. The summed E-state index contributed by atoms with van der Waals surface area (Å²) in [4.78, 5) is 11.7. The third-order valence-corrected chi connectivity index (χ3v) is 4.36. The summed E-state index contributed by atoms with van der Waals surface area (Å²) in [5, 5.41) is 3.94. The van der Waals surface area contributed by atoms with Crippen LogP contribution < -0.4 is 5.32 Å². The summed E-state index contributed by atoms with van der Waals surface area (Å²) in [5.41, 5.74) is 0.152. The quantitative estimate of drug-likeness (QED) is 0.758. The van der Waals surface area contributed by atoms with Crippen LogP contribution in [0.25, 0.3) is 0 Å². The molecule has 0 aromatic carbocycles. The molecule has 3 heteroatoms. The van der Waals surface area contributed by atoms with Gasteiger partial charge in [-0.1, -0.05) is 36.7 Å². The van der Waals surface area contributed by atoms with Crippen LogP contribution in [-0.2, 0) is 4.79 Å². The molecule has 1 aliphatic rings. The summed E-state index contributed by atoms with van der Waals surface area (Å²) in [7, 11) is 0. The number of hydrogen-bond donors (Lipinski definition) is 1. The fourth-order valence-corrected chi connectivity index (χ4v) is 1.54. The van der Waals surface area contributed by atoms with Crippen LogP contribution in [0.5, 0.6) is 0 Å². The van der Waals surface area contributed by atoms with E-state index < -0.39 is 0 Å². The number of rotatable bonds is 5. The van der Waals surface area contributed by atoms with Crippen molar-refractivity contribution >= 4 is 21.8 Å². The highest BCUT2D eigenvalue weighted by molar-refractivity contribution is 9.09. The number of carbonyl (C=O) groups is 1. The monoisotopic (exact) mass is 261 g/mol. The second kappa shape index (κ2) is 4.65. The summed E-state index contributed by atoms with van der Waals surface area (Å²) >= 11 is 3.45. The molecule has 0 radical (unpaired) electrons. The van der Waals surface area contributed by atoms with E-state index in [9.17, 15) is 4.79 Å². The average Bonchev–Trinajstić information content (AvgIpc) is 2.96. The Morgan fingerprint density at radius 1 is 1.57 bits per heavy atom. The van der Waals surface area contributed by atoms with E-state index in [0.717, 1.165) is 11.9 Å². The molecular weight excluding hydrogens is 242 g/mol. The van der Waals surface area contributed by atoms with E-state index in [-0.39, 0.29) is 17.2 Å². The molecule has 0 aromatic heterocycles. The molecule has 82 valence electrons. The lowest BCUT2D eigenvalue weighted by molar-refractivity contribution is -0.125. The Morgan fingerprint density at radius 3 is 2.57 bits per heavy atom. The predicted molar refractivity (Wildman–Crippen MR) is 62.5 cm³/mol. The van der Waals surface area contributed by atoms with Crippen LogP contribution in [0, 0.1) is 17.3 Å². The number of hydrogen-bond acceptors (Lipinski definition) is 1. The first kappa shape index (κ1) is 12.0. The van der Waals surface area contributed by atoms with E-state index in [1.54, 1.807) is 0 Å². The molecule has 1 amide bonds. The van der Waals surface area contributed by atoms with Crippen LogP contribution in [0.1, 0.15) is 33.6 Å². The first-order chi connectivity index (χ1) is 6.46. The molecule has 1 N–H and O–H groups in total. The molecule has 1 rings (SSSR count). The van der Waals surface area contributed by atoms with Crippen molar-refractivity contribution in [2.75, 3.05) is 11.9 Å². The van der Waals surface area contributed by atoms with Crippen molar-refractivity contribution < 1.29 is 4.79 Å². The molecule has 1 unspecified atom stereocenters. The minimum Gasteiger partial charge on any atom is -0.355 e. The van der Waals surface area contributed by atoms with Gasteiger partial charge in [-0.2, -0.15) is 0 Å². The number of amides is 1. The van der Waals surface area contributed by atoms with Gasteiger partial charge in [0.15, 0.2) is 0 Å². The minimum absolute atomic E-state index is 0.152. The summed E-state index contributed by atoms with van der Waals surface area (Å²) in [6.07, 6.45) is 2.47. The molecular formula is C11H20BrNO. The van der Waals surface area contributed by atoms with Gasteiger partial charge in [-0.3, -0.25) is 4.79 Å². The maximum Gasteiger partial charge on any atom is 0.223 e. The molecule has 2 nitrogen and oxygen atoms in total. The predicted octanol–water partition coefficient (Wildman–Crippen LogP) is 2.57.